The lowest BCUT2D eigenvalue weighted by molar-refractivity contribution is -0.145. The molecular formula is C13H20O2. The second-order valence-corrected chi connectivity index (χ2v) is 4.54. The molecule has 15 heavy (non-hydrogen) atoms. The maximum atomic E-state index is 11.0. The summed E-state index contributed by atoms with van der Waals surface area (Å²) in [7, 11) is 0. The van der Waals surface area contributed by atoms with E-state index in [1.54, 1.807) is 0 Å². The van der Waals surface area contributed by atoms with Gasteiger partial charge in [-0.3, -0.25) is 4.79 Å². The van der Waals surface area contributed by atoms with Gasteiger partial charge >= 0.3 is 5.97 Å². The van der Waals surface area contributed by atoms with Gasteiger partial charge in [-0.2, -0.15) is 0 Å². The van der Waals surface area contributed by atoms with Crippen LogP contribution in [0.1, 0.15) is 40.5 Å². The van der Waals surface area contributed by atoms with Crippen LogP contribution in [0, 0.1) is 5.92 Å². The normalized spacial score (nSPS) is 26.4. The van der Waals surface area contributed by atoms with Gasteiger partial charge in [-0.1, -0.05) is 17.7 Å². The Bertz CT molecular complexity index is 312. The Balaban J connectivity index is 2.82. The van der Waals surface area contributed by atoms with Crippen molar-refractivity contribution >= 4 is 5.97 Å². The van der Waals surface area contributed by atoms with Gasteiger partial charge in [0, 0.05) is 6.92 Å². The Morgan fingerprint density at radius 1 is 1.40 bits per heavy atom. The zero-order chi connectivity index (χ0) is 11.6. The minimum Gasteiger partial charge on any atom is -0.458 e. The van der Waals surface area contributed by atoms with Crippen molar-refractivity contribution in [3.63, 3.8) is 0 Å². The molecule has 0 amide bonds. The van der Waals surface area contributed by atoms with Gasteiger partial charge in [0.2, 0.25) is 0 Å². The van der Waals surface area contributed by atoms with Gasteiger partial charge < -0.3 is 4.74 Å². The van der Waals surface area contributed by atoms with E-state index in [4.69, 9.17) is 4.74 Å². The molecule has 84 valence electrons. The fourth-order valence-electron chi connectivity index (χ4n) is 2.04. The number of rotatable bonds is 2. The Hall–Kier alpha value is -1.05. The summed E-state index contributed by atoms with van der Waals surface area (Å²) in [5.74, 6) is 0.257. The van der Waals surface area contributed by atoms with Crippen LogP contribution in [-0.4, -0.2) is 12.1 Å². The molecule has 2 nitrogen and oxygen atoms in total. The first-order valence-electron chi connectivity index (χ1n) is 5.40. The largest absolute Gasteiger partial charge is 0.458 e. The van der Waals surface area contributed by atoms with E-state index in [2.05, 4.69) is 20.4 Å². The lowest BCUT2D eigenvalue weighted by atomic mass is 9.80. The minimum atomic E-state index is -0.200. The first-order valence-corrected chi connectivity index (χ1v) is 5.40. The molecule has 0 aromatic carbocycles. The second kappa shape index (κ2) is 4.65. The van der Waals surface area contributed by atoms with Crippen molar-refractivity contribution in [2.75, 3.05) is 0 Å². The maximum absolute atomic E-state index is 11.0. The molecule has 0 aliphatic heterocycles. The van der Waals surface area contributed by atoms with E-state index >= 15 is 0 Å². The third-order valence-electron chi connectivity index (χ3n) is 3.21. The minimum absolute atomic E-state index is 0.0436. The van der Waals surface area contributed by atoms with Crippen LogP contribution in [0.15, 0.2) is 23.3 Å². The molecule has 0 aromatic rings. The van der Waals surface area contributed by atoms with E-state index in [0.717, 1.165) is 12.8 Å². The maximum Gasteiger partial charge on any atom is 0.303 e. The molecule has 0 N–H and O–H groups in total. The predicted molar refractivity (Wildman–Crippen MR) is 61.5 cm³/mol. The summed E-state index contributed by atoms with van der Waals surface area (Å²) < 4.78 is 5.32. The van der Waals surface area contributed by atoms with Gasteiger partial charge in [0.25, 0.3) is 0 Å². The van der Waals surface area contributed by atoms with E-state index < -0.39 is 0 Å². The van der Waals surface area contributed by atoms with E-state index in [1.165, 1.54) is 23.6 Å². The van der Waals surface area contributed by atoms with Crippen molar-refractivity contribution in [1.82, 2.24) is 0 Å². The van der Waals surface area contributed by atoms with Crippen LogP contribution in [0.5, 0.6) is 0 Å². The van der Waals surface area contributed by atoms with Crippen LogP contribution in [-0.2, 0) is 9.53 Å². The van der Waals surface area contributed by atoms with Crippen LogP contribution < -0.4 is 0 Å². The standard InChI is InChI=1S/C13H20O2/c1-8(2)12-6-9(3)10(4)13(7-12)15-11(5)14/h12-13H,1,6-7H2,2-5H3/t12-,13-/m1/s1. The predicted octanol–water partition coefficient (Wildman–Crippen LogP) is 3.24. The average molecular weight is 208 g/mol. The highest BCUT2D eigenvalue weighted by Crippen LogP contribution is 2.34. The number of carbonyl (C=O) groups excluding carboxylic acids is 1. The van der Waals surface area contributed by atoms with Crippen molar-refractivity contribution in [2.45, 2.75) is 46.6 Å². The molecule has 0 radical (unpaired) electrons. The number of hydrogen-bond donors (Lipinski definition) is 0. The monoisotopic (exact) mass is 208 g/mol. The summed E-state index contributed by atoms with van der Waals surface area (Å²) in [4.78, 5) is 11.0. The number of hydrogen-bond acceptors (Lipinski definition) is 2. The molecule has 0 saturated heterocycles. The van der Waals surface area contributed by atoms with Crippen LogP contribution >= 0.6 is 0 Å². The summed E-state index contributed by atoms with van der Waals surface area (Å²) in [6.45, 7) is 11.7. The molecule has 1 rings (SSSR count). The average Bonchev–Trinajstić information content (AvgIpc) is 2.11. The van der Waals surface area contributed by atoms with Crippen molar-refractivity contribution in [2.24, 2.45) is 5.92 Å². The van der Waals surface area contributed by atoms with Gasteiger partial charge in [0.15, 0.2) is 0 Å². The molecule has 1 aliphatic rings. The Kier molecular flexibility index (Phi) is 3.72. The fraction of sp³-hybridized carbons (Fsp3) is 0.615. The van der Waals surface area contributed by atoms with E-state index in [9.17, 15) is 4.79 Å². The van der Waals surface area contributed by atoms with Gasteiger partial charge in [-0.25, -0.2) is 0 Å². The molecule has 0 aromatic heterocycles. The topological polar surface area (TPSA) is 26.3 Å². The van der Waals surface area contributed by atoms with Crippen LogP contribution in [0.3, 0.4) is 0 Å². The molecule has 0 fully saturated rings. The first kappa shape index (κ1) is 12.0. The second-order valence-electron chi connectivity index (χ2n) is 4.54. The molecule has 0 heterocycles. The van der Waals surface area contributed by atoms with Crippen molar-refractivity contribution < 1.29 is 9.53 Å². The molecule has 0 bridgehead atoms. The lowest BCUT2D eigenvalue weighted by Gasteiger charge is -2.31. The van der Waals surface area contributed by atoms with Gasteiger partial charge in [-0.05, 0) is 45.1 Å². The number of carbonyl (C=O) groups is 1. The Labute approximate surface area is 92.0 Å². The number of allylic oxidation sites excluding steroid dienone is 2. The van der Waals surface area contributed by atoms with Crippen LogP contribution in [0.4, 0.5) is 0 Å². The van der Waals surface area contributed by atoms with Gasteiger partial charge in [0.1, 0.15) is 6.10 Å². The fourth-order valence-corrected chi connectivity index (χ4v) is 2.04. The van der Waals surface area contributed by atoms with Crippen molar-refractivity contribution in [3.05, 3.63) is 23.3 Å². The van der Waals surface area contributed by atoms with E-state index in [0.29, 0.717) is 5.92 Å². The van der Waals surface area contributed by atoms with Crippen LogP contribution in [0.2, 0.25) is 0 Å². The molecule has 2 heteroatoms. The molecular weight excluding hydrogens is 188 g/mol. The SMILES string of the molecule is C=C(C)[C@@H]1CC(C)=C(C)[C@H](OC(C)=O)C1. The summed E-state index contributed by atoms with van der Waals surface area (Å²) in [5, 5.41) is 0. The van der Waals surface area contributed by atoms with Gasteiger partial charge in [0.05, 0.1) is 0 Å². The smallest absolute Gasteiger partial charge is 0.303 e. The Morgan fingerprint density at radius 3 is 2.47 bits per heavy atom. The molecule has 0 spiro atoms. The summed E-state index contributed by atoms with van der Waals surface area (Å²) in [6.07, 6.45) is 1.90. The third kappa shape index (κ3) is 2.95. The quantitative estimate of drug-likeness (QED) is 0.514. The molecule has 2 atom stereocenters. The first-order chi connectivity index (χ1) is 6.91. The third-order valence-corrected chi connectivity index (χ3v) is 3.21. The summed E-state index contributed by atoms with van der Waals surface area (Å²) >= 11 is 0. The van der Waals surface area contributed by atoms with Crippen molar-refractivity contribution in [1.29, 1.82) is 0 Å². The van der Waals surface area contributed by atoms with Crippen LogP contribution in [0.25, 0.3) is 0 Å². The van der Waals surface area contributed by atoms with Crippen molar-refractivity contribution in [3.8, 4) is 0 Å². The lowest BCUT2D eigenvalue weighted by Crippen LogP contribution is -2.26. The highest BCUT2D eigenvalue weighted by molar-refractivity contribution is 5.66. The van der Waals surface area contributed by atoms with E-state index in [1.807, 2.05) is 6.92 Å². The summed E-state index contributed by atoms with van der Waals surface area (Å²) in [6, 6.07) is 0. The summed E-state index contributed by atoms with van der Waals surface area (Å²) in [5.41, 5.74) is 3.72. The molecule has 0 unspecified atom stereocenters. The highest BCUT2D eigenvalue weighted by Gasteiger charge is 2.27. The number of ether oxygens (including phenoxy) is 1. The molecule has 1 aliphatic carbocycles. The zero-order valence-corrected chi connectivity index (χ0v) is 10.1. The van der Waals surface area contributed by atoms with E-state index in [-0.39, 0.29) is 12.1 Å². The number of esters is 1. The zero-order valence-electron chi connectivity index (χ0n) is 10.1. The van der Waals surface area contributed by atoms with Gasteiger partial charge in [-0.15, -0.1) is 0 Å². The Morgan fingerprint density at radius 2 is 2.00 bits per heavy atom. The molecule has 0 saturated carbocycles. The highest BCUT2D eigenvalue weighted by atomic mass is 16.5.